The third kappa shape index (κ3) is 3.57. The molecule has 0 aliphatic heterocycles. The van der Waals surface area contributed by atoms with Crippen molar-refractivity contribution in [2.75, 3.05) is 6.54 Å². The lowest BCUT2D eigenvalue weighted by atomic mass is 10.2. The lowest BCUT2D eigenvalue weighted by molar-refractivity contribution is -0.131. The first-order valence-electron chi connectivity index (χ1n) is 4.81. The number of hydrogen-bond donors (Lipinski definition) is 1. The van der Waals surface area contributed by atoms with Gasteiger partial charge in [0.1, 0.15) is 5.75 Å². The van der Waals surface area contributed by atoms with Crippen LogP contribution in [0.1, 0.15) is 17.3 Å². The molecule has 0 aliphatic carbocycles. The topological polar surface area (TPSA) is 55.4 Å². The van der Waals surface area contributed by atoms with E-state index in [0.717, 1.165) is 0 Å². The van der Waals surface area contributed by atoms with Gasteiger partial charge in [-0.15, -0.1) is 6.58 Å². The quantitative estimate of drug-likeness (QED) is 0.474. The molecule has 1 aromatic rings. The first-order valence-corrected chi connectivity index (χ1v) is 4.81. The van der Waals surface area contributed by atoms with E-state index >= 15 is 0 Å². The van der Waals surface area contributed by atoms with E-state index < -0.39 is 5.97 Å². The van der Waals surface area contributed by atoms with E-state index in [4.69, 9.17) is 4.74 Å². The van der Waals surface area contributed by atoms with E-state index in [9.17, 15) is 9.59 Å². The average molecular weight is 219 g/mol. The summed E-state index contributed by atoms with van der Waals surface area (Å²) in [5, 5.41) is 2.63. The van der Waals surface area contributed by atoms with Crippen LogP contribution in [0.15, 0.2) is 36.9 Å². The summed E-state index contributed by atoms with van der Waals surface area (Å²) < 4.78 is 4.87. The Morgan fingerprint density at radius 3 is 2.88 bits per heavy atom. The molecule has 0 saturated heterocycles. The Morgan fingerprint density at radius 2 is 2.25 bits per heavy atom. The van der Waals surface area contributed by atoms with Crippen LogP contribution in [0, 0.1) is 0 Å². The number of amides is 1. The largest absolute Gasteiger partial charge is 0.427 e. The molecular formula is C12H13NO3. The molecule has 84 valence electrons. The minimum atomic E-state index is -0.413. The molecular weight excluding hydrogens is 206 g/mol. The van der Waals surface area contributed by atoms with Crippen LogP contribution < -0.4 is 10.1 Å². The SMILES string of the molecule is C=CCNC(=O)c1cccc(OC(C)=O)c1. The molecule has 0 spiro atoms. The number of hydrogen-bond acceptors (Lipinski definition) is 3. The number of rotatable bonds is 4. The predicted molar refractivity (Wildman–Crippen MR) is 60.3 cm³/mol. The van der Waals surface area contributed by atoms with E-state index in [1.165, 1.54) is 13.0 Å². The van der Waals surface area contributed by atoms with Crippen molar-refractivity contribution in [1.82, 2.24) is 5.32 Å². The van der Waals surface area contributed by atoms with Gasteiger partial charge in [-0.1, -0.05) is 12.1 Å². The molecule has 1 rings (SSSR count). The van der Waals surface area contributed by atoms with Crippen molar-refractivity contribution in [2.24, 2.45) is 0 Å². The van der Waals surface area contributed by atoms with Crippen LogP contribution in [-0.2, 0) is 4.79 Å². The van der Waals surface area contributed by atoms with Crippen LogP contribution in [0.4, 0.5) is 0 Å². The summed E-state index contributed by atoms with van der Waals surface area (Å²) in [7, 11) is 0. The van der Waals surface area contributed by atoms with Gasteiger partial charge in [0.25, 0.3) is 5.91 Å². The number of ether oxygens (including phenoxy) is 1. The van der Waals surface area contributed by atoms with E-state index in [-0.39, 0.29) is 5.91 Å². The Balaban J connectivity index is 2.77. The molecule has 0 saturated carbocycles. The summed E-state index contributed by atoms with van der Waals surface area (Å²) in [6, 6.07) is 6.43. The van der Waals surface area contributed by atoms with Crippen molar-refractivity contribution >= 4 is 11.9 Å². The molecule has 1 aromatic carbocycles. The molecule has 0 aromatic heterocycles. The summed E-state index contributed by atoms with van der Waals surface area (Å²) in [6.45, 7) is 5.21. The summed E-state index contributed by atoms with van der Waals surface area (Å²) >= 11 is 0. The Labute approximate surface area is 93.9 Å². The Bertz CT molecular complexity index is 412. The number of carbonyl (C=O) groups excluding carboxylic acids is 2. The van der Waals surface area contributed by atoms with Gasteiger partial charge in [-0.05, 0) is 18.2 Å². The second-order valence-electron chi connectivity index (χ2n) is 3.12. The van der Waals surface area contributed by atoms with Crippen LogP contribution in [0.5, 0.6) is 5.75 Å². The Hall–Kier alpha value is -2.10. The molecule has 4 nitrogen and oxygen atoms in total. The van der Waals surface area contributed by atoms with Gasteiger partial charge in [-0.2, -0.15) is 0 Å². The molecule has 0 unspecified atom stereocenters. The minimum Gasteiger partial charge on any atom is -0.427 e. The van der Waals surface area contributed by atoms with Crippen molar-refractivity contribution in [3.8, 4) is 5.75 Å². The maximum Gasteiger partial charge on any atom is 0.308 e. The third-order valence-corrected chi connectivity index (χ3v) is 1.76. The summed E-state index contributed by atoms with van der Waals surface area (Å²) in [5.41, 5.74) is 0.445. The highest BCUT2D eigenvalue weighted by Crippen LogP contribution is 2.13. The zero-order valence-electron chi connectivity index (χ0n) is 9.03. The highest BCUT2D eigenvalue weighted by atomic mass is 16.5. The lowest BCUT2D eigenvalue weighted by Crippen LogP contribution is -2.23. The van der Waals surface area contributed by atoms with Gasteiger partial charge < -0.3 is 10.1 Å². The molecule has 1 amide bonds. The second-order valence-corrected chi connectivity index (χ2v) is 3.12. The fraction of sp³-hybridized carbons (Fsp3) is 0.167. The van der Waals surface area contributed by atoms with Crippen molar-refractivity contribution in [2.45, 2.75) is 6.92 Å². The van der Waals surface area contributed by atoms with Crippen LogP contribution in [-0.4, -0.2) is 18.4 Å². The first kappa shape index (κ1) is 12.0. The smallest absolute Gasteiger partial charge is 0.308 e. The molecule has 0 atom stereocenters. The molecule has 0 fully saturated rings. The van der Waals surface area contributed by atoms with Gasteiger partial charge in [0.15, 0.2) is 0 Å². The maximum atomic E-state index is 11.5. The predicted octanol–water partition coefficient (Wildman–Crippen LogP) is 1.53. The van der Waals surface area contributed by atoms with Crippen LogP contribution in [0.2, 0.25) is 0 Å². The number of carbonyl (C=O) groups is 2. The molecule has 0 aliphatic rings. The van der Waals surface area contributed by atoms with Crippen molar-refractivity contribution in [3.05, 3.63) is 42.5 Å². The summed E-state index contributed by atoms with van der Waals surface area (Å²) in [5.74, 6) is -0.281. The van der Waals surface area contributed by atoms with Crippen LogP contribution in [0.3, 0.4) is 0 Å². The van der Waals surface area contributed by atoms with Crippen molar-refractivity contribution < 1.29 is 14.3 Å². The monoisotopic (exact) mass is 219 g/mol. The van der Waals surface area contributed by atoms with Gasteiger partial charge >= 0.3 is 5.97 Å². The summed E-state index contributed by atoms with van der Waals surface area (Å²) in [4.78, 5) is 22.3. The molecule has 4 heteroatoms. The number of benzene rings is 1. The molecule has 0 radical (unpaired) electrons. The fourth-order valence-electron chi connectivity index (χ4n) is 1.13. The number of esters is 1. The lowest BCUT2D eigenvalue weighted by Gasteiger charge is -2.04. The van der Waals surface area contributed by atoms with Crippen LogP contribution >= 0.6 is 0 Å². The third-order valence-electron chi connectivity index (χ3n) is 1.76. The summed E-state index contributed by atoms with van der Waals surface area (Å²) in [6.07, 6.45) is 1.59. The number of nitrogens with one attached hydrogen (secondary N) is 1. The maximum absolute atomic E-state index is 11.5. The fourth-order valence-corrected chi connectivity index (χ4v) is 1.13. The van der Waals surface area contributed by atoms with Crippen LogP contribution in [0.25, 0.3) is 0 Å². The Kier molecular flexibility index (Phi) is 4.27. The van der Waals surface area contributed by atoms with E-state index in [2.05, 4.69) is 11.9 Å². The van der Waals surface area contributed by atoms with Gasteiger partial charge in [0, 0.05) is 19.0 Å². The zero-order chi connectivity index (χ0) is 12.0. The zero-order valence-corrected chi connectivity index (χ0v) is 9.03. The van der Waals surface area contributed by atoms with Gasteiger partial charge in [-0.3, -0.25) is 9.59 Å². The molecule has 1 N–H and O–H groups in total. The molecule has 0 heterocycles. The Morgan fingerprint density at radius 1 is 1.50 bits per heavy atom. The second kappa shape index (κ2) is 5.70. The van der Waals surface area contributed by atoms with E-state index in [0.29, 0.717) is 17.9 Å². The molecule has 0 bridgehead atoms. The van der Waals surface area contributed by atoms with E-state index in [1.807, 2.05) is 0 Å². The van der Waals surface area contributed by atoms with Crippen molar-refractivity contribution in [3.63, 3.8) is 0 Å². The highest BCUT2D eigenvalue weighted by Gasteiger charge is 2.06. The molecule has 16 heavy (non-hydrogen) atoms. The minimum absolute atomic E-state index is 0.228. The standard InChI is InChI=1S/C12H13NO3/c1-3-7-13-12(15)10-5-4-6-11(8-10)16-9(2)14/h3-6,8H,1,7H2,2H3,(H,13,15). The average Bonchev–Trinajstić information content (AvgIpc) is 2.25. The van der Waals surface area contributed by atoms with Gasteiger partial charge in [0.2, 0.25) is 0 Å². The van der Waals surface area contributed by atoms with E-state index in [1.54, 1.807) is 24.3 Å². The van der Waals surface area contributed by atoms with Gasteiger partial charge in [0.05, 0.1) is 0 Å². The first-order chi connectivity index (χ1) is 7.63. The van der Waals surface area contributed by atoms with Crippen molar-refractivity contribution in [1.29, 1.82) is 0 Å². The van der Waals surface area contributed by atoms with Gasteiger partial charge in [-0.25, -0.2) is 0 Å². The normalized spacial score (nSPS) is 9.31. The highest BCUT2D eigenvalue weighted by molar-refractivity contribution is 5.94.